The summed E-state index contributed by atoms with van der Waals surface area (Å²) < 4.78 is 0. The number of piperidine rings is 1. The lowest BCUT2D eigenvalue weighted by molar-refractivity contribution is 0.0546. The van der Waals surface area contributed by atoms with Crippen molar-refractivity contribution in [3.8, 4) is 0 Å². The number of aromatic amines is 1. The molecule has 2 aromatic carbocycles. The van der Waals surface area contributed by atoms with E-state index in [4.69, 9.17) is 0 Å². The highest BCUT2D eigenvalue weighted by Gasteiger charge is 2.23. The summed E-state index contributed by atoms with van der Waals surface area (Å²) in [5.74, 6) is -0.309. The van der Waals surface area contributed by atoms with Crippen LogP contribution in [0, 0.1) is 6.92 Å². The van der Waals surface area contributed by atoms with Crippen molar-refractivity contribution in [2.45, 2.75) is 25.9 Å². The number of hydrogen-bond acceptors (Lipinski definition) is 5. The van der Waals surface area contributed by atoms with Gasteiger partial charge in [-0.15, -0.1) is 23.7 Å². The van der Waals surface area contributed by atoms with E-state index >= 15 is 0 Å². The molecule has 0 aliphatic carbocycles. The van der Waals surface area contributed by atoms with E-state index in [1.807, 2.05) is 60.9 Å². The topological polar surface area (TPSA) is 98.3 Å². The number of anilines is 1. The van der Waals surface area contributed by atoms with E-state index in [1.165, 1.54) is 11.3 Å². The SMILES string of the molecule is Cc1ccsc1C(=O)Nc1cc(C(=O)N2CCC(O)CC2)ccc1/C=C/c1n[nH]c2ccccc12.Cl. The molecule has 0 saturated carbocycles. The lowest BCUT2D eigenvalue weighted by Gasteiger charge is -2.29. The van der Waals surface area contributed by atoms with Gasteiger partial charge in [-0.2, -0.15) is 5.10 Å². The Balaban J connectivity index is 0.00000304. The summed E-state index contributed by atoms with van der Waals surface area (Å²) in [6.07, 6.45) is 4.59. The molecule has 0 atom stereocenters. The van der Waals surface area contributed by atoms with E-state index in [0.717, 1.165) is 27.7 Å². The molecule has 186 valence electrons. The standard InChI is InChI=1S/C27H26N4O3S.ClH/c1-17-12-15-35-25(17)26(33)28-24-16-19(27(34)31-13-10-20(32)11-14-31)7-6-18(24)8-9-23-21-4-2-3-5-22(21)29-30-23;/h2-9,12,15-16,20,32H,10-11,13-14H2,1H3,(H,28,33)(H,29,30);1H/b9-8+;. The van der Waals surface area contributed by atoms with Crippen molar-refractivity contribution in [3.05, 3.63) is 81.2 Å². The number of carbonyl (C=O) groups is 2. The third kappa shape index (κ3) is 5.36. The second-order valence-electron chi connectivity index (χ2n) is 8.70. The molecular formula is C27H27ClN4O3S. The summed E-state index contributed by atoms with van der Waals surface area (Å²) >= 11 is 1.39. The summed E-state index contributed by atoms with van der Waals surface area (Å²) in [5, 5.41) is 23.1. The molecule has 36 heavy (non-hydrogen) atoms. The van der Waals surface area contributed by atoms with Gasteiger partial charge in [-0.3, -0.25) is 14.7 Å². The number of aliphatic hydroxyl groups excluding tert-OH is 1. The first-order chi connectivity index (χ1) is 17.0. The predicted molar refractivity (Wildman–Crippen MR) is 147 cm³/mol. The molecular weight excluding hydrogens is 496 g/mol. The minimum absolute atomic E-state index is 0. The van der Waals surface area contributed by atoms with Gasteiger partial charge in [0, 0.05) is 29.7 Å². The van der Waals surface area contributed by atoms with Crippen molar-refractivity contribution in [1.82, 2.24) is 15.1 Å². The van der Waals surface area contributed by atoms with Gasteiger partial charge in [-0.25, -0.2) is 0 Å². The van der Waals surface area contributed by atoms with Crippen molar-refractivity contribution in [2.75, 3.05) is 18.4 Å². The van der Waals surface area contributed by atoms with E-state index in [9.17, 15) is 14.7 Å². The average molecular weight is 523 g/mol. The number of para-hydroxylation sites is 1. The Labute approximate surface area is 219 Å². The van der Waals surface area contributed by atoms with Gasteiger partial charge in [-0.1, -0.05) is 30.3 Å². The number of carbonyl (C=O) groups excluding carboxylic acids is 2. The zero-order valence-electron chi connectivity index (χ0n) is 19.7. The lowest BCUT2D eigenvalue weighted by atomic mass is 10.0. The Morgan fingerprint density at radius 2 is 1.92 bits per heavy atom. The Morgan fingerprint density at radius 1 is 1.14 bits per heavy atom. The number of aryl methyl sites for hydroxylation is 1. The van der Waals surface area contributed by atoms with Crippen molar-refractivity contribution in [3.63, 3.8) is 0 Å². The van der Waals surface area contributed by atoms with Gasteiger partial charge in [0.1, 0.15) is 0 Å². The maximum Gasteiger partial charge on any atom is 0.266 e. The van der Waals surface area contributed by atoms with Crippen molar-refractivity contribution in [1.29, 1.82) is 0 Å². The summed E-state index contributed by atoms with van der Waals surface area (Å²) in [6.45, 7) is 2.94. The summed E-state index contributed by atoms with van der Waals surface area (Å²) in [7, 11) is 0. The number of aromatic nitrogens is 2. The monoisotopic (exact) mass is 522 g/mol. The number of rotatable bonds is 5. The van der Waals surface area contributed by atoms with Gasteiger partial charge in [0.2, 0.25) is 0 Å². The predicted octanol–water partition coefficient (Wildman–Crippen LogP) is 5.37. The van der Waals surface area contributed by atoms with Crippen LogP contribution in [-0.2, 0) is 0 Å². The Kier molecular flexibility index (Phi) is 7.88. The normalized spacial score (nSPS) is 14.2. The number of H-pyrrole nitrogens is 1. The molecule has 9 heteroatoms. The molecule has 1 aliphatic rings. The second kappa shape index (κ2) is 11.1. The number of hydrogen-bond donors (Lipinski definition) is 3. The van der Waals surface area contributed by atoms with Gasteiger partial charge < -0.3 is 15.3 Å². The molecule has 3 heterocycles. The molecule has 0 unspecified atom stereocenters. The van der Waals surface area contributed by atoms with Crippen molar-refractivity contribution >= 4 is 64.3 Å². The molecule has 1 saturated heterocycles. The largest absolute Gasteiger partial charge is 0.393 e. The van der Waals surface area contributed by atoms with Gasteiger partial charge in [0.25, 0.3) is 11.8 Å². The molecule has 4 aromatic rings. The fourth-order valence-corrected chi connectivity index (χ4v) is 5.08. The van der Waals surface area contributed by atoms with E-state index in [1.54, 1.807) is 17.0 Å². The highest BCUT2D eigenvalue weighted by Crippen LogP contribution is 2.26. The fourth-order valence-electron chi connectivity index (χ4n) is 4.26. The number of fused-ring (bicyclic) bond motifs is 1. The minimum Gasteiger partial charge on any atom is -0.393 e. The highest BCUT2D eigenvalue weighted by atomic mass is 35.5. The quantitative estimate of drug-likeness (QED) is 0.328. The highest BCUT2D eigenvalue weighted by molar-refractivity contribution is 7.12. The number of nitrogens with zero attached hydrogens (tertiary/aromatic N) is 2. The van der Waals surface area contributed by atoms with E-state index in [-0.39, 0.29) is 30.3 Å². The van der Waals surface area contributed by atoms with Crippen LogP contribution in [0.4, 0.5) is 5.69 Å². The maximum absolute atomic E-state index is 13.1. The number of benzene rings is 2. The van der Waals surface area contributed by atoms with Crippen LogP contribution >= 0.6 is 23.7 Å². The maximum atomic E-state index is 13.1. The third-order valence-corrected chi connectivity index (χ3v) is 7.30. The zero-order chi connectivity index (χ0) is 24.4. The van der Waals surface area contributed by atoms with Crippen LogP contribution < -0.4 is 5.32 Å². The fraction of sp³-hybridized carbons (Fsp3) is 0.222. The van der Waals surface area contributed by atoms with Gasteiger partial charge >= 0.3 is 0 Å². The van der Waals surface area contributed by atoms with Crippen LogP contribution in [0.3, 0.4) is 0 Å². The molecule has 3 N–H and O–H groups in total. The first-order valence-corrected chi connectivity index (χ1v) is 12.5. The number of aliphatic hydroxyl groups is 1. The molecule has 2 aromatic heterocycles. The number of thiophene rings is 1. The third-order valence-electron chi connectivity index (χ3n) is 6.29. The molecule has 0 bridgehead atoms. The number of halogens is 1. The Hall–Kier alpha value is -3.46. The number of amides is 2. The van der Waals surface area contributed by atoms with Crippen molar-refractivity contribution in [2.24, 2.45) is 0 Å². The Bertz CT molecular complexity index is 1420. The van der Waals surface area contributed by atoms with Crippen LogP contribution in [0.1, 0.15) is 49.7 Å². The molecule has 0 radical (unpaired) electrons. The van der Waals surface area contributed by atoms with Crippen molar-refractivity contribution < 1.29 is 14.7 Å². The second-order valence-corrected chi connectivity index (χ2v) is 9.62. The number of likely N-dealkylation sites (tertiary alicyclic amines) is 1. The molecule has 0 spiro atoms. The minimum atomic E-state index is -0.353. The van der Waals surface area contributed by atoms with E-state index in [0.29, 0.717) is 42.1 Å². The molecule has 1 fully saturated rings. The van der Waals surface area contributed by atoms with E-state index < -0.39 is 0 Å². The van der Waals surface area contributed by atoms with Crippen LogP contribution in [0.5, 0.6) is 0 Å². The van der Waals surface area contributed by atoms with Gasteiger partial charge in [0.05, 0.1) is 22.2 Å². The molecule has 2 amide bonds. The first kappa shape index (κ1) is 25.6. The molecule has 7 nitrogen and oxygen atoms in total. The van der Waals surface area contributed by atoms with Crippen LogP contribution in [0.25, 0.3) is 23.1 Å². The molecule has 1 aliphatic heterocycles. The Morgan fingerprint density at radius 3 is 2.67 bits per heavy atom. The summed E-state index contributed by atoms with van der Waals surface area (Å²) in [5.41, 5.74) is 4.47. The lowest BCUT2D eigenvalue weighted by Crippen LogP contribution is -2.40. The van der Waals surface area contributed by atoms with Crippen LogP contribution in [0.15, 0.2) is 53.9 Å². The first-order valence-electron chi connectivity index (χ1n) is 11.6. The summed E-state index contributed by atoms with van der Waals surface area (Å²) in [6, 6.07) is 15.1. The number of nitrogens with one attached hydrogen (secondary N) is 2. The molecule has 5 rings (SSSR count). The van der Waals surface area contributed by atoms with Gasteiger partial charge in [-0.05, 0) is 66.6 Å². The van der Waals surface area contributed by atoms with Crippen LogP contribution in [-0.4, -0.2) is 51.2 Å². The van der Waals surface area contributed by atoms with Gasteiger partial charge in [0.15, 0.2) is 0 Å². The van der Waals surface area contributed by atoms with Crippen LogP contribution in [0.2, 0.25) is 0 Å². The summed E-state index contributed by atoms with van der Waals surface area (Å²) in [4.78, 5) is 28.5. The zero-order valence-corrected chi connectivity index (χ0v) is 21.4. The van der Waals surface area contributed by atoms with E-state index in [2.05, 4.69) is 15.5 Å². The average Bonchev–Trinajstić information content (AvgIpc) is 3.49. The smallest absolute Gasteiger partial charge is 0.266 e.